The summed E-state index contributed by atoms with van der Waals surface area (Å²) >= 11 is 0. The summed E-state index contributed by atoms with van der Waals surface area (Å²) in [6.07, 6.45) is 2.55. The SMILES string of the molecule is CC(C)=O.CCCN(C)CCC.[CH3-].[Y]. The van der Waals surface area contributed by atoms with Crippen molar-refractivity contribution in [3.63, 3.8) is 0 Å². The summed E-state index contributed by atoms with van der Waals surface area (Å²) in [5.74, 6) is 0.167. The second-order valence-corrected chi connectivity index (χ2v) is 3.21. The van der Waals surface area contributed by atoms with Gasteiger partial charge in [0.1, 0.15) is 5.78 Å². The van der Waals surface area contributed by atoms with E-state index in [0.29, 0.717) is 0 Å². The van der Waals surface area contributed by atoms with Crippen molar-refractivity contribution < 1.29 is 37.5 Å². The Morgan fingerprint density at radius 1 is 1.07 bits per heavy atom. The molecule has 0 aromatic heterocycles. The van der Waals surface area contributed by atoms with Crippen LogP contribution in [0.5, 0.6) is 0 Å². The van der Waals surface area contributed by atoms with Crippen LogP contribution < -0.4 is 0 Å². The number of ketones is 1. The Hall–Kier alpha value is 0.734. The summed E-state index contributed by atoms with van der Waals surface area (Å²) in [5.41, 5.74) is 0. The maximum atomic E-state index is 9.44. The van der Waals surface area contributed by atoms with E-state index in [-0.39, 0.29) is 45.9 Å². The molecule has 0 aliphatic heterocycles. The van der Waals surface area contributed by atoms with Gasteiger partial charge in [-0.1, -0.05) is 13.8 Å². The Morgan fingerprint density at radius 2 is 1.29 bits per heavy atom. The van der Waals surface area contributed by atoms with Crippen LogP contribution in [0.4, 0.5) is 0 Å². The molecular weight excluding hydrogens is 251 g/mol. The Labute approximate surface area is 116 Å². The summed E-state index contributed by atoms with van der Waals surface area (Å²) in [5, 5.41) is 0. The van der Waals surface area contributed by atoms with Crippen LogP contribution in [-0.4, -0.2) is 30.8 Å². The largest absolute Gasteiger partial charge is 0.358 e. The normalized spacial score (nSPS) is 7.86. The van der Waals surface area contributed by atoms with Gasteiger partial charge >= 0.3 is 0 Å². The Bertz CT molecular complexity index is 97.5. The second-order valence-electron chi connectivity index (χ2n) is 3.21. The molecule has 0 aliphatic rings. The topological polar surface area (TPSA) is 20.3 Å². The predicted molar refractivity (Wildman–Crippen MR) is 60.8 cm³/mol. The molecule has 0 amide bonds. The summed E-state index contributed by atoms with van der Waals surface area (Å²) in [6, 6.07) is 0. The molecule has 0 rings (SSSR count). The van der Waals surface area contributed by atoms with Crippen molar-refractivity contribution in [2.75, 3.05) is 20.1 Å². The number of carbonyl (C=O) groups is 1. The van der Waals surface area contributed by atoms with E-state index in [2.05, 4.69) is 25.8 Å². The van der Waals surface area contributed by atoms with Crippen LogP contribution in [0.2, 0.25) is 0 Å². The number of rotatable bonds is 4. The van der Waals surface area contributed by atoms with E-state index < -0.39 is 0 Å². The van der Waals surface area contributed by atoms with Crippen molar-refractivity contribution in [3.8, 4) is 0 Å². The maximum Gasteiger partial charge on any atom is 0.126 e. The summed E-state index contributed by atoms with van der Waals surface area (Å²) in [6.45, 7) is 9.97. The molecule has 0 saturated carbocycles. The average Bonchev–Trinajstić information content (AvgIpc) is 1.87. The van der Waals surface area contributed by atoms with Crippen molar-refractivity contribution in [2.24, 2.45) is 0 Å². The molecule has 0 aliphatic carbocycles. The van der Waals surface area contributed by atoms with Crippen LogP contribution in [0.15, 0.2) is 0 Å². The molecule has 0 spiro atoms. The minimum atomic E-state index is 0. The number of nitrogens with zero attached hydrogens (tertiary/aromatic N) is 1. The van der Waals surface area contributed by atoms with Gasteiger partial charge in [-0.2, -0.15) is 0 Å². The summed E-state index contributed by atoms with van der Waals surface area (Å²) in [7, 11) is 2.17. The van der Waals surface area contributed by atoms with Crippen LogP contribution in [0, 0.1) is 7.43 Å². The van der Waals surface area contributed by atoms with Crippen molar-refractivity contribution in [1.82, 2.24) is 4.90 Å². The molecule has 0 bridgehead atoms. The molecule has 0 aromatic rings. The van der Waals surface area contributed by atoms with Gasteiger partial charge in [0.2, 0.25) is 0 Å². The van der Waals surface area contributed by atoms with Gasteiger partial charge in [0.05, 0.1) is 0 Å². The first-order valence-electron chi connectivity index (χ1n) is 4.70. The Kier molecular flexibility index (Phi) is 33.3. The monoisotopic (exact) mass is 277 g/mol. The van der Waals surface area contributed by atoms with Gasteiger partial charge in [0.15, 0.2) is 0 Å². The van der Waals surface area contributed by atoms with E-state index in [4.69, 9.17) is 0 Å². The Balaban J connectivity index is -0.0000000733. The third-order valence-corrected chi connectivity index (χ3v) is 1.21. The molecular formula is C11H26NOY-. The fraction of sp³-hybridized carbons (Fsp3) is 0.818. The number of Topliss-reactive ketones (excluding diaryl/α,β-unsaturated/α-hetero) is 1. The predicted octanol–water partition coefficient (Wildman–Crippen LogP) is 2.78. The van der Waals surface area contributed by atoms with Crippen molar-refractivity contribution >= 4 is 5.78 Å². The molecule has 0 unspecified atom stereocenters. The summed E-state index contributed by atoms with van der Waals surface area (Å²) in [4.78, 5) is 11.8. The van der Waals surface area contributed by atoms with Gasteiger partial charge in [-0.05, 0) is 46.8 Å². The molecule has 0 saturated heterocycles. The zero-order valence-corrected chi connectivity index (χ0v) is 13.6. The van der Waals surface area contributed by atoms with Crippen molar-refractivity contribution in [2.45, 2.75) is 40.5 Å². The molecule has 3 heteroatoms. The van der Waals surface area contributed by atoms with Crippen LogP contribution in [0.1, 0.15) is 40.5 Å². The average molecular weight is 277 g/mol. The third kappa shape index (κ3) is 38.7. The van der Waals surface area contributed by atoms with Crippen LogP contribution in [0.3, 0.4) is 0 Å². The van der Waals surface area contributed by atoms with E-state index in [1.807, 2.05) is 0 Å². The second kappa shape index (κ2) is 19.3. The quantitative estimate of drug-likeness (QED) is 0.736. The summed E-state index contributed by atoms with van der Waals surface area (Å²) < 4.78 is 0. The van der Waals surface area contributed by atoms with Gasteiger partial charge in [-0.25, -0.2) is 0 Å². The Morgan fingerprint density at radius 3 is 1.43 bits per heavy atom. The van der Waals surface area contributed by atoms with Gasteiger partial charge in [-0.15, -0.1) is 0 Å². The number of hydrogen-bond donors (Lipinski definition) is 0. The third-order valence-electron chi connectivity index (χ3n) is 1.21. The maximum absolute atomic E-state index is 9.44. The van der Waals surface area contributed by atoms with Crippen molar-refractivity contribution in [1.29, 1.82) is 0 Å². The molecule has 0 aromatic carbocycles. The number of hydrogen-bond acceptors (Lipinski definition) is 2. The molecule has 1 radical (unpaired) electrons. The zero-order chi connectivity index (χ0) is 9.98. The fourth-order valence-corrected chi connectivity index (χ4v) is 0.875. The molecule has 14 heavy (non-hydrogen) atoms. The van der Waals surface area contributed by atoms with Crippen LogP contribution in [-0.2, 0) is 37.5 Å². The molecule has 0 heterocycles. The standard InChI is InChI=1S/C7H17N.C3H6O.CH3.Y/c1-4-6-8(3)7-5-2;1-3(2)4;;/h4-7H2,1-3H3;1-2H3;1H3;/q;;-1;. The van der Waals surface area contributed by atoms with Crippen LogP contribution in [0.25, 0.3) is 0 Å². The molecule has 85 valence electrons. The smallest absolute Gasteiger partial charge is 0.126 e. The minimum Gasteiger partial charge on any atom is -0.358 e. The molecule has 0 N–H and O–H groups in total. The van der Waals surface area contributed by atoms with E-state index in [1.165, 1.54) is 39.8 Å². The zero-order valence-electron chi connectivity index (χ0n) is 10.8. The van der Waals surface area contributed by atoms with Gasteiger partial charge in [-0.3, -0.25) is 0 Å². The number of carbonyl (C=O) groups excluding carboxylic acids is 1. The van der Waals surface area contributed by atoms with Crippen molar-refractivity contribution in [3.05, 3.63) is 7.43 Å². The van der Waals surface area contributed by atoms with E-state index in [1.54, 1.807) is 0 Å². The fourth-order valence-electron chi connectivity index (χ4n) is 0.875. The molecule has 0 atom stereocenters. The van der Waals surface area contributed by atoms with E-state index in [9.17, 15) is 4.79 Å². The first-order chi connectivity index (χ1) is 5.54. The molecule has 2 nitrogen and oxygen atoms in total. The first kappa shape index (κ1) is 24.1. The first-order valence-corrected chi connectivity index (χ1v) is 4.70. The van der Waals surface area contributed by atoms with Gasteiger partial charge in [0, 0.05) is 32.7 Å². The van der Waals surface area contributed by atoms with Crippen LogP contribution >= 0.6 is 0 Å². The minimum absolute atomic E-state index is 0. The molecule has 0 fully saturated rings. The van der Waals surface area contributed by atoms with E-state index in [0.717, 1.165) is 0 Å². The van der Waals surface area contributed by atoms with E-state index >= 15 is 0 Å². The van der Waals surface area contributed by atoms with Gasteiger partial charge in [0.25, 0.3) is 0 Å². The van der Waals surface area contributed by atoms with Gasteiger partial charge < -0.3 is 17.1 Å².